The number of hydrogen-bond donors (Lipinski definition) is 0. The monoisotopic (exact) mass is 450 g/mol. The normalized spacial score (nSPS) is 11.9. The molecule has 1 unspecified atom stereocenters. The minimum absolute atomic E-state index is 0.0513. The third kappa shape index (κ3) is 8.94. The van der Waals surface area contributed by atoms with Gasteiger partial charge >= 0.3 is 5.97 Å². The minimum atomic E-state index is -0.226. The van der Waals surface area contributed by atoms with E-state index in [1.165, 1.54) is 31.2 Å². The largest absolute Gasteiger partial charge is 0.459 e. The van der Waals surface area contributed by atoms with Crippen molar-refractivity contribution in [1.29, 1.82) is 0 Å². The van der Waals surface area contributed by atoms with Gasteiger partial charge in [-0.2, -0.15) is 0 Å². The number of hydrogen-bond acceptors (Lipinski definition) is 2. The predicted octanol–water partition coefficient (Wildman–Crippen LogP) is 7.23. The number of benzene rings is 2. The van der Waals surface area contributed by atoms with E-state index >= 15 is 0 Å². The van der Waals surface area contributed by atoms with Gasteiger partial charge in [0.1, 0.15) is 6.10 Å². The van der Waals surface area contributed by atoms with Crippen LogP contribution in [-0.2, 0) is 11.2 Å². The summed E-state index contributed by atoms with van der Waals surface area (Å²) in [5.41, 5.74) is 1.84. The Morgan fingerprint density at radius 1 is 0.889 bits per heavy atom. The quantitative estimate of drug-likeness (QED) is 0.193. The molecule has 0 heterocycles. The van der Waals surface area contributed by atoms with Crippen molar-refractivity contribution in [3.05, 3.63) is 70.7 Å². The summed E-state index contributed by atoms with van der Waals surface area (Å²) in [5.74, 6) is -0.226. The van der Waals surface area contributed by atoms with Crippen molar-refractivity contribution in [2.75, 3.05) is 5.33 Å². The first-order chi connectivity index (χ1) is 13.2. The molecule has 0 fully saturated rings. The molecule has 2 aromatic carbocycles. The topological polar surface area (TPSA) is 26.3 Å². The molecule has 0 spiro atoms. The van der Waals surface area contributed by atoms with Gasteiger partial charge in [0.25, 0.3) is 0 Å². The highest BCUT2D eigenvalue weighted by molar-refractivity contribution is 9.09. The lowest BCUT2D eigenvalue weighted by Crippen LogP contribution is -2.19. The van der Waals surface area contributed by atoms with Crippen molar-refractivity contribution in [3.63, 3.8) is 0 Å². The summed E-state index contributed by atoms with van der Waals surface area (Å²) in [5, 5.41) is 1.82. The number of aryl methyl sites for hydroxylation is 1. The third-order valence-corrected chi connectivity index (χ3v) is 5.42. The molecule has 0 bridgehead atoms. The standard InChI is InChI=1S/C23H28BrClO2/c24-18-8-3-1-2-7-11-22(17-14-19-12-15-21(25)16-13-19)27-23(26)20-9-5-4-6-10-20/h4-6,9-10,12-13,15-16,22H,1-3,7-8,11,14,17-18H2. The molecule has 1 atom stereocenters. The summed E-state index contributed by atoms with van der Waals surface area (Å²) >= 11 is 9.43. The van der Waals surface area contributed by atoms with Crippen LogP contribution in [0.5, 0.6) is 0 Å². The van der Waals surface area contributed by atoms with E-state index in [4.69, 9.17) is 16.3 Å². The Kier molecular flexibility index (Phi) is 10.5. The predicted molar refractivity (Wildman–Crippen MR) is 117 cm³/mol. The van der Waals surface area contributed by atoms with Crippen LogP contribution in [0.15, 0.2) is 54.6 Å². The van der Waals surface area contributed by atoms with Gasteiger partial charge in [-0.05, 0) is 61.9 Å². The molecule has 0 saturated heterocycles. The Morgan fingerprint density at radius 3 is 2.26 bits per heavy atom. The number of halogens is 2. The van der Waals surface area contributed by atoms with Crippen LogP contribution in [0.2, 0.25) is 5.02 Å². The van der Waals surface area contributed by atoms with Crippen molar-refractivity contribution in [3.8, 4) is 0 Å². The van der Waals surface area contributed by atoms with Crippen LogP contribution >= 0.6 is 27.5 Å². The summed E-state index contributed by atoms with van der Waals surface area (Å²) in [6, 6.07) is 17.1. The van der Waals surface area contributed by atoms with Crippen molar-refractivity contribution >= 4 is 33.5 Å². The zero-order valence-electron chi connectivity index (χ0n) is 15.7. The lowest BCUT2D eigenvalue weighted by atomic mass is 10.0. The van der Waals surface area contributed by atoms with E-state index in [0.29, 0.717) is 5.56 Å². The van der Waals surface area contributed by atoms with Crippen LogP contribution in [-0.4, -0.2) is 17.4 Å². The van der Waals surface area contributed by atoms with E-state index in [0.717, 1.165) is 36.0 Å². The molecular formula is C23H28BrClO2. The van der Waals surface area contributed by atoms with Gasteiger partial charge in [-0.15, -0.1) is 0 Å². The van der Waals surface area contributed by atoms with Gasteiger partial charge in [0.05, 0.1) is 5.56 Å². The van der Waals surface area contributed by atoms with Gasteiger partial charge < -0.3 is 4.74 Å². The summed E-state index contributed by atoms with van der Waals surface area (Å²) in [4.78, 5) is 12.4. The van der Waals surface area contributed by atoms with E-state index in [1.54, 1.807) is 12.1 Å². The number of esters is 1. The van der Waals surface area contributed by atoms with Crippen LogP contribution in [0, 0.1) is 0 Å². The molecule has 2 nitrogen and oxygen atoms in total. The first-order valence-corrected chi connectivity index (χ1v) is 11.3. The minimum Gasteiger partial charge on any atom is -0.459 e. The maximum Gasteiger partial charge on any atom is 0.338 e. The second kappa shape index (κ2) is 13.0. The second-order valence-corrected chi connectivity index (χ2v) is 8.03. The molecule has 0 aromatic heterocycles. The molecule has 146 valence electrons. The smallest absolute Gasteiger partial charge is 0.338 e. The summed E-state index contributed by atoms with van der Waals surface area (Å²) < 4.78 is 5.84. The number of carbonyl (C=O) groups excluding carboxylic acids is 1. The molecule has 0 radical (unpaired) electrons. The molecular weight excluding hydrogens is 424 g/mol. The molecule has 0 aliphatic rings. The van der Waals surface area contributed by atoms with Crippen LogP contribution in [0.4, 0.5) is 0 Å². The summed E-state index contributed by atoms with van der Waals surface area (Å²) in [7, 11) is 0. The molecule has 0 aliphatic heterocycles. The maximum atomic E-state index is 12.4. The molecule has 0 aliphatic carbocycles. The maximum absolute atomic E-state index is 12.4. The van der Waals surface area contributed by atoms with Crippen molar-refractivity contribution in [2.24, 2.45) is 0 Å². The molecule has 0 saturated carbocycles. The lowest BCUT2D eigenvalue weighted by Gasteiger charge is -2.18. The second-order valence-electron chi connectivity index (χ2n) is 6.80. The zero-order chi connectivity index (χ0) is 19.3. The van der Waals surface area contributed by atoms with E-state index < -0.39 is 0 Å². The fraction of sp³-hybridized carbons (Fsp3) is 0.435. The van der Waals surface area contributed by atoms with Crippen molar-refractivity contribution < 1.29 is 9.53 Å². The van der Waals surface area contributed by atoms with Gasteiger partial charge in [0, 0.05) is 10.4 Å². The number of carbonyl (C=O) groups is 1. The number of unbranched alkanes of at least 4 members (excludes halogenated alkanes) is 4. The Morgan fingerprint density at radius 2 is 1.56 bits per heavy atom. The SMILES string of the molecule is O=C(OC(CCCCCCCBr)CCc1ccc(Cl)cc1)c1ccccc1. The highest BCUT2D eigenvalue weighted by Gasteiger charge is 2.16. The summed E-state index contributed by atoms with van der Waals surface area (Å²) in [6.45, 7) is 0. The zero-order valence-corrected chi connectivity index (χ0v) is 18.1. The lowest BCUT2D eigenvalue weighted by molar-refractivity contribution is 0.0256. The Balaban J connectivity index is 1.86. The molecule has 4 heteroatoms. The van der Waals surface area contributed by atoms with E-state index in [-0.39, 0.29) is 12.1 Å². The number of ether oxygens (including phenoxy) is 1. The average molecular weight is 452 g/mol. The Hall–Kier alpha value is -1.32. The van der Waals surface area contributed by atoms with Crippen molar-refractivity contribution in [1.82, 2.24) is 0 Å². The highest BCUT2D eigenvalue weighted by Crippen LogP contribution is 2.18. The van der Waals surface area contributed by atoms with E-state index in [9.17, 15) is 4.79 Å². The Labute approximate surface area is 176 Å². The fourth-order valence-electron chi connectivity index (χ4n) is 3.03. The van der Waals surface area contributed by atoms with Crippen LogP contribution in [0.3, 0.4) is 0 Å². The van der Waals surface area contributed by atoms with Gasteiger partial charge in [0.15, 0.2) is 0 Å². The van der Waals surface area contributed by atoms with Gasteiger partial charge in [0.2, 0.25) is 0 Å². The van der Waals surface area contributed by atoms with Gasteiger partial charge in [-0.1, -0.05) is 77.1 Å². The van der Waals surface area contributed by atoms with E-state index in [1.807, 2.05) is 42.5 Å². The molecule has 2 aromatic rings. The average Bonchev–Trinajstić information content (AvgIpc) is 2.70. The summed E-state index contributed by atoms with van der Waals surface area (Å²) in [6.07, 6.45) is 8.58. The van der Waals surface area contributed by atoms with Gasteiger partial charge in [-0.25, -0.2) is 4.79 Å². The third-order valence-electron chi connectivity index (χ3n) is 4.61. The van der Waals surface area contributed by atoms with Crippen LogP contribution in [0.1, 0.15) is 60.9 Å². The van der Waals surface area contributed by atoms with Gasteiger partial charge in [-0.3, -0.25) is 0 Å². The first-order valence-electron chi connectivity index (χ1n) is 9.75. The van der Waals surface area contributed by atoms with E-state index in [2.05, 4.69) is 15.9 Å². The fourth-order valence-corrected chi connectivity index (χ4v) is 3.55. The van der Waals surface area contributed by atoms with Crippen LogP contribution in [0.25, 0.3) is 0 Å². The first kappa shape index (κ1) is 22.0. The molecule has 27 heavy (non-hydrogen) atoms. The number of rotatable bonds is 12. The highest BCUT2D eigenvalue weighted by atomic mass is 79.9. The molecule has 2 rings (SSSR count). The van der Waals surface area contributed by atoms with Crippen LogP contribution < -0.4 is 0 Å². The molecule has 0 N–H and O–H groups in total. The van der Waals surface area contributed by atoms with Crippen molar-refractivity contribution in [2.45, 2.75) is 57.5 Å². The Bertz CT molecular complexity index is 658. The number of alkyl halides is 1. The molecule has 0 amide bonds.